The molecule has 4 nitrogen and oxygen atoms in total. The molecule has 4 rings (SSSR count). The molecule has 0 radical (unpaired) electrons. The van der Waals surface area contributed by atoms with E-state index in [0.29, 0.717) is 0 Å². The Kier molecular flexibility index (Phi) is 1.80. The number of H-pyrrole nitrogens is 1. The predicted molar refractivity (Wildman–Crippen MR) is 73.2 cm³/mol. The van der Waals surface area contributed by atoms with Crippen LogP contribution < -0.4 is 5.32 Å². The average Bonchev–Trinajstić information content (AvgIpc) is 2.59. The van der Waals surface area contributed by atoms with Crippen molar-refractivity contribution in [1.29, 1.82) is 0 Å². The highest BCUT2D eigenvalue weighted by Crippen LogP contribution is 2.26. The summed E-state index contributed by atoms with van der Waals surface area (Å²) in [6.45, 7) is 0. The molecule has 0 spiro atoms. The standard InChI is InChI=1S/C14H10N4/c1-2-6-10-9(5-1)12-14(17-10)18-13-11(16-12)7-3-4-8-15-13/h1-8H,(H2,15,17,18). The molecular weight excluding hydrogens is 224 g/mol. The predicted octanol–water partition coefficient (Wildman–Crippen LogP) is 3.06. The van der Waals surface area contributed by atoms with Crippen LogP contribution in [0.4, 0.5) is 5.82 Å². The minimum absolute atomic E-state index is 0.777. The van der Waals surface area contributed by atoms with Crippen molar-refractivity contribution in [2.75, 3.05) is 5.32 Å². The van der Waals surface area contributed by atoms with Gasteiger partial charge in [0.1, 0.15) is 11.2 Å². The smallest absolute Gasteiger partial charge is 0.159 e. The molecule has 0 saturated heterocycles. The third kappa shape index (κ3) is 1.26. The van der Waals surface area contributed by atoms with Gasteiger partial charge in [0, 0.05) is 17.1 Å². The fraction of sp³-hybridized carbons (Fsp3) is 0. The Hall–Kier alpha value is -2.62. The molecule has 0 bridgehead atoms. The van der Waals surface area contributed by atoms with Gasteiger partial charge >= 0.3 is 0 Å². The molecule has 1 aliphatic rings. The second-order valence-corrected chi connectivity index (χ2v) is 4.19. The first-order valence-electron chi connectivity index (χ1n) is 5.80. The number of fused-ring (bicyclic) bond motifs is 4. The van der Waals surface area contributed by atoms with Crippen LogP contribution >= 0.6 is 0 Å². The number of hydrogen-bond donors (Lipinski definition) is 2. The van der Waals surface area contributed by atoms with E-state index in [9.17, 15) is 0 Å². The SMILES string of the molecule is C1=CNc2nc3[nH]c4ccccc4c3nc2C=C1. The van der Waals surface area contributed by atoms with Crippen molar-refractivity contribution < 1.29 is 0 Å². The molecule has 2 N–H and O–H groups in total. The number of aromatic amines is 1. The number of rotatable bonds is 0. The first kappa shape index (κ1) is 9.41. The summed E-state index contributed by atoms with van der Waals surface area (Å²) in [5.74, 6) is 0.777. The second kappa shape index (κ2) is 3.43. The number of anilines is 1. The van der Waals surface area contributed by atoms with Crippen molar-refractivity contribution in [2.45, 2.75) is 0 Å². The minimum atomic E-state index is 0.777. The van der Waals surface area contributed by atoms with E-state index in [1.807, 2.05) is 42.6 Å². The van der Waals surface area contributed by atoms with Crippen molar-refractivity contribution >= 4 is 34.0 Å². The van der Waals surface area contributed by atoms with Crippen molar-refractivity contribution in [2.24, 2.45) is 0 Å². The second-order valence-electron chi connectivity index (χ2n) is 4.19. The van der Waals surface area contributed by atoms with Gasteiger partial charge in [-0.1, -0.05) is 24.3 Å². The van der Waals surface area contributed by atoms with Crippen LogP contribution in [-0.2, 0) is 0 Å². The van der Waals surface area contributed by atoms with Gasteiger partial charge in [-0.15, -0.1) is 0 Å². The zero-order valence-electron chi connectivity index (χ0n) is 9.51. The molecule has 0 atom stereocenters. The molecule has 2 aromatic heterocycles. The van der Waals surface area contributed by atoms with E-state index in [2.05, 4.69) is 26.3 Å². The minimum Gasteiger partial charge on any atom is -0.345 e. The van der Waals surface area contributed by atoms with Gasteiger partial charge in [0.15, 0.2) is 11.5 Å². The summed E-state index contributed by atoms with van der Waals surface area (Å²) in [5.41, 5.74) is 3.65. The number of benzene rings is 1. The maximum absolute atomic E-state index is 4.68. The molecule has 3 heterocycles. The molecule has 4 heteroatoms. The monoisotopic (exact) mass is 234 g/mol. The van der Waals surface area contributed by atoms with E-state index in [-0.39, 0.29) is 0 Å². The van der Waals surface area contributed by atoms with Gasteiger partial charge in [-0.25, -0.2) is 9.97 Å². The molecule has 0 amide bonds. The van der Waals surface area contributed by atoms with E-state index < -0.39 is 0 Å². The van der Waals surface area contributed by atoms with Crippen molar-refractivity contribution in [3.8, 4) is 0 Å². The normalized spacial score (nSPS) is 13.6. The van der Waals surface area contributed by atoms with Crippen LogP contribution in [0.25, 0.3) is 28.1 Å². The Labute approximate surface area is 103 Å². The maximum Gasteiger partial charge on any atom is 0.159 e. The van der Waals surface area contributed by atoms with Crippen LogP contribution in [0.2, 0.25) is 0 Å². The Morgan fingerprint density at radius 2 is 1.94 bits per heavy atom. The molecule has 18 heavy (non-hydrogen) atoms. The van der Waals surface area contributed by atoms with Gasteiger partial charge in [0.05, 0.1) is 0 Å². The highest BCUT2D eigenvalue weighted by atomic mass is 15.0. The summed E-state index contributed by atoms with van der Waals surface area (Å²) in [6, 6.07) is 8.11. The molecule has 3 aromatic rings. The van der Waals surface area contributed by atoms with Crippen LogP contribution in [-0.4, -0.2) is 15.0 Å². The van der Waals surface area contributed by atoms with Gasteiger partial charge in [-0.05, 0) is 18.2 Å². The molecular formula is C14H10N4. The average molecular weight is 234 g/mol. The lowest BCUT2D eigenvalue weighted by atomic mass is 10.2. The zero-order valence-corrected chi connectivity index (χ0v) is 9.51. The van der Waals surface area contributed by atoms with Gasteiger partial charge in [-0.2, -0.15) is 0 Å². The van der Waals surface area contributed by atoms with Gasteiger partial charge in [0.2, 0.25) is 0 Å². The molecule has 0 aliphatic carbocycles. The molecule has 1 aromatic carbocycles. The van der Waals surface area contributed by atoms with Crippen LogP contribution in [0.5, 0.6) is 0 Å². The first-order chi connectivity index (χ1) is 8.92. The molecule has 1 aliphatic heterocycles. The van der Waals surface area contributed by atoms with Crippen molar-refractivity contribution in [3.05, 3.63) is 48.3 Å². The van der Waals surface area contributed by atoms with Crippen LogP contribution in [0.1, 0.15) is 5.69 Å². The third-order valence-electron chi connectivity index (χ3n) is 3.04. The largest absolute Gasteiger partial charge is 0.345 e. The Morgan fingerprint density at radius 1 is 1.00 bits per heavy atom. The Bertz CT molecular complexity index is 811. The van der Waals surface area contributed by atoms with Crippen molar-refractivity contribution in [1.82, 2.24) is 15.0 Å². The lowest BCUT2D eigenvalue weighted by molar-refractivity contribution is 1.24. The Balaban J connectivity index is 2.12. The number of nitrogens with zero attached hydrogens (tertiary/aromatic N) is 2. The number of allylic oxidation sites excluding steroid dienone is 2. The number of aromatic nitrogens is 3. The lowest BCUT2D eigenvalue weighted by Gasteiger charge is -2.02. The first-order valence-corrected chi connectivity index (χ1v) is 5.80. The molecule has 0 unspecified atom stereocenters. The van der Waals surface area contributed by atoms with E-state index in [1.165, 1.54) is 0 Å². The maximum atomic E-state index is 4.68. The molecule has 0 saturated carbocycles. The van der Waals surface area contributed by atoms with Crippen molar-refractivity contribution in [3.63, 3.8) is 0 Å². The van der Waals surface area contributed by atoms with E-state index >= 15 is 0 Å². The van der Waals surface area contributed by atoms with E-state index in [4.69, 9.17) is 0 Å². The topological polar surface area (TPSA) is 53.6 Å². The zero-order chi connectivity index (χ0) is 11.9. The van der Waals surface area contributed by atoms with Crippen LogP contribution in [0.3, 0.4) is 0 Å². The summed E-state index contributed by atoms with van der Waals surface area (Å²) >= 11 is 0. The summed E-state index contributed by atoms with van der Waals surface area (Å²) in [7, 11) is 0. The Morgan fingerprint density at radius 3 is 2.94 bits per heavy atom. The lowest BCUT2D eigenvalue weighted by Crippen LogP contribution is -1.96. The van der Waals surface area contributed by atoms with Gasteiger partial charge in [0.25, 0.3) is 0 Å². The van der Waals surface area contributed by atoms with Crippen LogP contribution in [0, 0.1) is 0 Å². The summed E-state index contributed by atoms with van der Waals surface area (Å²) in [6.07, 6.45) is 7.69. The summed E-state index contributed by atoms with van der Waals surface area (Å²) in [4.78, 5) is 12.5. The quantitative estimate of drug-likeness (QED) is 0.628. The fourth-order valence-electron chi connectivity index (χ4n) is 2.20. The van der Waals surface area contributed by atoms with Gasteiger partial charge in [-0.3, -0.25) is 0 Å². The summed E-state index contributed by atoms with van der Waals surface area (Å²) in [5, 5.41) is 4.23. The highest BCUT2D eigenvalue weighted by molar-refractivity contribution is 6.04. The highest BCUT2D eigenvalue weighted by Gasteiger charge is 2.11. The van der Waals surface area contributed by atoms with Gasteiger partial charge < -0.3 is 10.3 Å². The number of nitrogens with one attached hydrogen (secondary N) is 2. The third-order valence-corrected chi connectivity index (χ3v) is 3.04. The van der Waals surface area contributed by atoms with E-state index in [1.54, 1.807) is 0 Å². The fourth-order valence-corrected chi connectivity index (χ4v) is 2.20. The molecule has 86 valence electrons. The van der Waals surface area contributed by atoms with E-state index in [0.717, 1.165) is 33.6 Å². The summed E-state index contributed by atoms with van der Waals surface area (Å²) < 4.78 is 0. The number of hydrogen-bond acceptors (Lipinski definition) is 3. The van der Waals surface area contributed by atoms with Crippen LogP contribution in [0.15, 0.2) is 42.6 Å². The molecule has 0 fully saturated rings. The number of para-hydroxylation sites is 1.